The van der Waals surface area contributed by atoms with Gasteiger partial charge in [-0.3, -0.25) is 0 Å². The molecule has 1 aromatic carbocycles. The first-order valence-corrected chi connectivity index (χ1v) is 5.38. The third-order valence-electron chi connectivity index (χ3n) is 2.92. The third kappa shape index (κ3) is 2.25. The molecule has 4 atom stereocenters. The van der Waals surface area contributed by atoms with Crippen LogP contribution in [0.2, 0.25) is 0 Å². The van der Waals surface area contributed by atoms with Crippen molar-refractivity contribution in [1.82, 2.24) is 0 Å². The van der Waals surface area contributed by atoms with Gasteiger partial charge in [-0.25, -0.2) is 0 Å². The number of aliphatic hydroxyl groups is 3. The first-order chi connectivity index (χ1) is 7.72. The van der Waals surface area contributed by atoms with Crippen molar-refractivity contribution in [3.05, 3.63) is 35.9 Å². The van der Waals surface area contributed by atoms with Gasteiger partial charge < -0.3 is 20.1 Å². The van der Waals surface area contributed by atoms with E-state index in [2.05, 4.69) is 0 Å². The van der Waals surface area contributed by atoms with Crippen LogP contribution in [0.4, 0.5) is 0 Å². The maximum atomic E-state index is 9.73. The molecule has 1 fully saturated rings. The van der Waals surface area contributed by atoms with E-state index in [0.29, 0.717) is 6.42 Å². The highest BCUT2D eigenvalue weighted by Gasteiger charge is 2.41. The fourth-order valence-corrected chi connectivity index (χ4v) is 1.99. The molecule has 0 amide bonds. The molecule has 1 saturated heterocycles. The van der Waals surface area contributed by atoms with Crippen molar-refractivity contribution >= 4 is 0 Å². The second-order valence-corrected chi connectivity index (χ2v) is 4.07. The molecule has 88 valence electrons. The lowest BCUT2D eigenvalue weighted by molar-refractivity contribution is -0.0215. The third-order valence-corrected chi connectivity index (χ3v) is 2.92. The molecule has 1 unspecified atom stereocenters. The molecule has 0 saturated carbocycles. The fraction of sp³-hybridized carbons (Fsp3) is 0.500. The zero-order valence-corrected chi connectivity index (χ0v) is 8.86. The van der Waals surface area contributed by atoms with Crippen molar-refractivity contribution < 1.29 is 20.1 Å². The first kappa shape index (κ1) is 11.5. The summed E-state index contributed by atoms with van der Waals surface area (Å²) in [5.74, 6) is 0. The Labute approximate surface area is 94.1 Å². The Morgan fingerprint density at radius 2 is 1.62 bits per heavy atom. The summed E-state index contributed by atoms with van der Waals surface area (Å²) >= 11 is 0. The van der Waals surface area contributed by atoms with Crippen molar-refractivity contribution in [2.45, 2.75) is 30.8 Å². The predicted octanol–water partition coefficient (Wildman–Crippen LogP) is -0.289. The van der Waals surface area contributed by atoms with Crippen LogP contribution in [-0.4, -0.2) is 46.3 Å². The van der Waals surface area contributed by atoms with Gasteiger partial charge in [0.05, 0.1) is 12.7 Å². The number of hydrogen-bond donors (Lipinski definition) is 3. The average Bonchev–Trinajstić information content (AvgIpc) is 2.58. The van der Waals surface area contributed by atoms with E-state index >= 15 is 0 Å². The molecule has 0 radical (unpaired) electrons. The zero-order chi connectivity index (χ0) is 11.5. The van der Waals surface area contributed by atoms with Crippen LogP contribution < -0.4 is 0 Å². The lowest BCUT2D eigenvalue weighted by atomic mass is 10.0. The van der Waals surface area contributed by atoms with Gasteiger partial charge in [0.25, 0.3) is 0 Å². The summed E-state index contributed by atoms with van der Waals surface area (Å²) in [6.07, 6.45) is -2.52. The Morgan fingerprint density at radius 3 is 2.19 bits per heavy atom. The van der Waals surface area contributed by atoms with Crippen LogP contribution in [0, 0.1) is 0 Å². The first-order valence-electron chi connectivity index (χ1n) is 5.38. The van der Waals surface area contributed by atoms with E-state index in [1.54, 1.807) is 0 Å². The van der Waals surface area contributed by atoms with Gasteiger partial charge in [-0.05, 0) is 5.56 Å². The van der Waals surface area contributed by atoms with Gasteiger partial charge in [0.1, 0.15) is 18.3 Å². The summed E-state index contributed by atoms with van der Waals surface area (Å²) < 4.78 is 5.39. The summed E-state index contributed by atoms with van der Waals surface area (Å²) in [5, 5.41) is 28.2. The Kier molecular flexibility index (Phi) is 3.56. The zero-order valence-electron chi connectivity index (χ0n) is 8.86. The van der Waals surface area contributed by atoms with E-state index in [9.17, 15) is 10.2 Å². The largest absolute Gasteiger partial charge is 0.394 e. The normalized spacial score (nSPS) is 34.2. The van der Waals surface area contributed by atoms with Crippen molar-refractivity contribution in [2.24, 2.45) is 0 Å². The van der Waals surface area contributed by atoms with Crippen LogP contribution in [0.15, 0.2) is 30.3 Å². The standard InChI is InChI=1S/C12H16O4/c13-7-10-12(15)11(14)9(16-10)6-8-4-2-1-3-5-8/h1-5,9-15H,6-7H2/t9-,10+,11+,12?/m0/s1. The predicted molar refractivity (Wildman–Crippen MR) is 57.9 cm³/mol. The molecule has 1 aliphatic rings. The van der Waals surface area contributed by atoms with Gasteiger partial charge >= 0.3 is 0 Å². The van der Waals surface area contributed by atoms with Crippen molar-refractivity contribution in [3.8, 4) is 0 Å². The molecule has 0 spiro atoms. The Balaban J connectivity index is 2.01. The maximum Gasteiger partial charge on any atom is 0.111 e. The summed E-state index contributed by atoms with van der Waals surface area (Å²) in [6, 6.07) is 9.62. The van der Waals surface area contributed by atoms with Crippen LogP contribution >= 0.6 is 0 Å². The lowest BCUT2D eigenvalue weighted by Crippen LogP contribution is -2.34. The summed E-state index contributed by atoms with van der Waals surface area (Å²) in [7, 11) is 0. The highest BCUT2D eigenvalue weighted by molar-refractivity contribution is 5.16. The molecule has 1 aliphatic heterocycles. The van der Waals surface area contributed by atoms with Crippen molar-refractivity contribution in [2.75, 3.05) is 6.61 Å². The smallest absolute Gasteiger partial charge is 0.111 e. The summed E-state index contributed by atoms with van der Waals surface area (Å²) in [4.78, 5) is 0. The second kappa shape index (κ2) is 4.93. The topological polar surface area (TPSA) is 69.9 Å². The van der Waals surface area contributed by atoms with E-state index in [4.69, 9.17) is 9.84 Å². The van der Waals surface area contributed by atoms with E-state index in [1.165, 1.54) is 0 Å². The second-order valence-electron chi connectivity index (χ2n) is 4.07. The van der Waals surface area contributed by atoms with Crippen LogP contribution in [0.25, 0.3) is 0 Å². The minimum atomic E-state index is -1.00. The number of rotatable bonds is 3. The van der Waals surface area contributed by atoms with Gasteiger partial charge in [-0.2, -0.15) is 0 Å². The van der Waals surface area contributed by atoms with E-state index in [0.717, 1.165) is 5.56 Å². The van der Waals surface area contributed by atoms with Crippen LogP contribution in [0.3, 0.4) is 0 Å². The number of aliphatic hydroxyl groups excluding tert-OH is 3. The molecule has 1 aromatic rings. The molecule has 4 nitrogen and oxygen atoms in total. The highest BCUT2D eigenvalue weighted by atomic mass is 16.6. The molecule has 2 rings (SSSR count). The van der Waals surface area contributed by atoms with Gasteiger partial charge in [-0.1, -0.05) is 30.3 Å². The summed E-state index contributed by atoms with van der Waals surface area (Å²) in [5.41, 5.74) is 1.04. The van der Waals surface area contributed by atoms with Crippen LogP contribution in [-0.2, 0) is 11.2 Å². The van der Waals surface area contributed by atoms with E-state index < -0.39 is 24.4 Å². The van der Waals surface area contributed by atoms with Gasteiger partial charge in [-0.15, -0.1) is 0 Å². The van der Waals surface area contributed by atoms with Crippen LogP contribution in [0.1, 0.15) is 5.56 Å². The molecular weight excluding hydrogens is 208 g/mol. The molecule has 1 heterocycles. The highest BCUT2D eigenvalue weighted by Crippen LogP contribution is 2.23. The molecule has 0 bridgehead atoms. The number of benzene rings is 1. The average molecular weight is 224 g/mol. The van der Waals surface area contributed by atoms with Gasteiger partial charge in [0.15, 0.2) is 0 Å². The molecule has 0 aromatic heterocycles. The van der Waals surface area contributed by atoms with Gasteiger partial charge in [0.2, 0.25) is 0 Å². The molecule has 3 N–H and O–H groups in total. The summed E-state index contributed by atoms with van der Waals surface area (Å²) in [6.45, 7) is -0.274. The quantitative estimate of drug-likeness (QED) is 0.660. The SMILES string of the molecule is OC[C@H]1O[C@@H](Cc2ccccc2)[C@@H](O)C1O. The monoisotopic (exact) mass is 224 g/mol. The van der Waals surface area contributed by atoms with Crippen LogP contribution in [0.5, 0.6) is 0 Å². The Morgan fingerprint density at radius 1 is 1.00 bits per heavy atom. The van der Waals surface area contributed by atoms with Crippen molar-refractivity contribution in [1.29, 1.82) is 0 Å². The lowest BCUT2D eigenvalue weighted by Gasteiger charge is -2.14. The minimum absolute atomic E-state index is 0.274. The molecule has 4 heteroatoms. The van der Waals surface area contributed by atoms with Crippen molar-refractivity contribution in [3.63, 3.8) is 0 Å². The Bertz CT molecular complexity index is 327. The molecule has 16 heavy (non-hydrogen) atoms. The van der Waals surface area contributed by atoms with E-state index in [1.807, 2.05) is 30.3 Å². The molecule has 0 aliphatic carbocycles. The number of ether oxygens (including phenoxy) is 1. The number of hydrogen-bond acceptors (Lipinski definition) is 4. The van der Waals surface area contributed by atoms with E-state index in [-0.39, 0.29) is 6.61 Å². The van der Waals surface area contributed by atoms with Gasteiger partial charge in [0, 0.05) is 6.42 Å². The fourth-order valence-electron chi connectivity index (χ4n) is 1.99. The minimum Gasteiger partial charge on any atom is -0.394 e. The molecular formula is C12H16O4. The Hall–Kier alpha value is -0.940. The maximum absolute atomic E-state index is 9.73.